The molecule has 1 aromatic heterocycles. The number of rotatable bonds is 4. The van der Waals surface area contributed by atoms with E-state index in [-0.39, 0.29) is 29.8 Å². The number of nitrogens with one attached hydrogen (secondary N) is 2. The van der Waals surface area contributed by atoms with Crippen molar-refractivity contribution in [2.24, 2.45) is 11.7 Å². The summed E-state index contributed by atoms with van der Waals surface area (Å²) in [5.41, 5.74) is 7.24. The zero-order chi connectivity index (χ0) is 15.5. The Kier molecular flexibility index (Phi) is 6.88. The fourth-order valence-corrected chi connectivity index (χ4v) is 2.97. The van der Waals surface area contributed by atoms with Crippen molar-refractivity contribution in [1.82, 2.24) is 15.5 Å². The van der Waals surface area contributed by atoms with E-state index in [2.05, 4.69) is 36.3 Å². The van der Waals surface area contributed by atoms with Crippen LogP contribution in [-0.2, 0) is 5.41 Å². The molecule has 5 nitrogen and oxygen atoms in total. The maximum absolute atomic E-state index is 12.3. The highest BCUT2D eigenvalue weighted by atomic mass is 35.5. The number of carbonyl (C=O) groups excluding carboxylic acids is 1. The van der Waals surface area contributed by atoms with Gasteiger partial charge in [-0.1, -0.05) is 40.0 Å². The van der Waals surface area contributed by atoms with Gasteiger partial charge in [0.25, 0.3) is 5.91 Å². The predicted octanol–water partition coefficient (Wildman–Crippen LogP) is 2.77. The van der Waals surface area contributed by atoms with Crippen molar-refractivity contribution in [3.8, 4) is 0 Å². The summed E-state index contributed by atoms with van der Waals surface area (Å²) >= 11 is 0. The molecule has 1 aromatic rings. The first kappa shape index (κ1) is 19.0. The van der Waals surface area contributed by atoms with Crippen molar-refractivity contribution in [2.75, 3.05) is 6.54 Å². The lowest BCUT2D eigenvalue weighted by Crippen LogP contribution is -2.46. The molecule has 1 heterocycles. The summed E-state index contributed by atoms with van der Waals surface area (Å²) in [6.45, 7) is 6.76. The summed E-state index contributed by atoms with van der Waals surface area (Å²) in [7, 11) is 0. The number of hydrogen-bond donors (Lipinski definition) is 3. The van der Waals surface area contributed by atoms with Crippen molar-refractivity contribution >= 4 is 18.3 Å². The van der Waals surface area contributed by atoms with Crippen LogP contribution in [0.25, 0.3) is 0 Å². The monoisotopic (exact) mass is 328 g/mol. The molecule has 1 aliphatic rings. The van der Waals surface area contributed by atoms with Crippen LogP contribution >= 0.6 is 12.4 Å². The Labute approximate surface area is 139 Å². The van der Waals surface area contributed by atoms with Crippen LogP contribution in [0.3, 0.4) is 0 Å². The lowest BCUT2D eigenvalue weighted by Gasteiger charge is -2.29. The van der Waals surface area contributed by atoms with Crippen molar-refractivity contribution in [1.29, 1.82) is 0 Å². The Morgan fingerprint density at radius 1 is 1.41 bits per heavy atom. The molecule has 0 saturated heterocycles. The quantitative estimate of drug-likeness (QED) is 0.794. The molecule has 0 radical (unpaired) electrons. The van der Waals surface area contributed by atoms with Crippen molar-refractivity contribution < 1.29 is 4.79 Å². The van der Waals surface area contributed by atoms with Crippen LogP contribution in [0.1, 0.15) is 69.1 Å². The molecule has 6 heteroatoms. The average Bonchev–Trinajstić information content (AvgIpc) is 2.95. The predicted molar refractivity (Wildman–Crippen MR) is 91.4 cm³/mol. The molecule has 4 N–H and O–H groups in total. The molecule has 22 heavy (non-hydrogen) atoms. The molecule has 0 bridgehead atoms. The second kappa shape index (κ2) is 7.97. The van der Waals surface area contributed by atoms with E-state index in [1.165, 1.54) is 19.3 Å². The van der Waals surface area contributed by atoms with Gasteiger partial charge in [-0.3, -0.25) is 9.89 Å². The maximum atomic E-state index is 12.3. The Morgan fingerprint density at radius 3 is 2.55 bits per heavy atom. The minimum absolute atomic E-state index is 0. The van der Waals surface area contributed by atoms with Crippen molar-refractivity contribution in [3.05, 3.63) is 17.5 Å². The summed E-state index contributed by atoms with van der Waals surface area (Å²) in [5.74, 6) is 0.386. The molecule has 1 aliphatic carbocycles. The van der Waals surface area contributed by atoms with E-state index in [9.17, 15) is 4.79 Å². The van der Waals surface area contributed by atoms with E-state index in [0.717, 1.165) is 18.5 Å². The number of nitrogens with zero attached hydrogens (tertiary/aromatic N) is 1. The van der Waals surface area contributed by atoms with E-state index < -0.39 is 0 Å². The number of aromatic nitrogens is 2. The van der Waals surface area contributed by atoms with Gasteiger partial charge in [0.1, 0.15) is 5.69 Å². The van der Waals surface area contributed by atoms with Gasteiger partial charge in [-0.2, -0.15) is 5.10 Å². The number of H-pyrrole nitrogens is 1. The summed E-state index contributed by atoms with van der Waals surface area (Å²) < 4.78 is 0. The van der Waals surface area contributed by atoms with E-state index in [1.54, 1.807) is 0 Å². The largest absolute Gasteiger partial charge is 0.346 e. The smallest absolute Gasteiger partial charge is 0.272 e. The first-order valence-corrected chi connectivity index (χ1v) is 7.98. The van der Waals surface area contributed by atoms with E-state index in [1.807, 2.05) is 6.07 Å². The molecular formula is C16H29ClN4O. The summed E-state index contributed by atoms with van der Waals surface area (Å²) in [5, 5.41) is 10.2. The second-order valence-electron chi connectivity index (χ2n) is 7.13. The van der Waals surface area contributed by atoms with Crippen LogP contribution < -0.4 is 11.1 Å². The number of carbonyl (C=O) groups is 1. The number of nitrogens with two attached hydrogens (primary N) is 1. The van der Waals surface area contributed by atoms with E-state index in [4.69, 9.17) is 5.73 Å². The van der Waals surface area contributed by atoms with Gasteiger partial charge in [-0.15, -0.1) is 12.4 Å². The molecule has 1 amide bonds. The maximum Gasteiger partial charge on any atom is 0.272 e. The molecule has 1 unspecified atom stereocenters. The summed E-state index contributed by atoms with van der Waals surface area (Å²) in [6.07, 6.45) is 6.11. The van der Waals surface area contributed by atoms with Crippen LogP contribution in [0.15, 0.2) is 6.07 Å². The van der Waals surface area contributed by atoms with Gasteiger partial charge >= 0.3 is 0 Å². The second-order valence-corrected chi connectivity index (χ2v) is 7.13. The summed E-state index contributed by atoms with van der Waals surface area (Å²) in [4.78, 5) is 12.3. The lowest BCUT2D eigenvalue weighted by atomic mass is 9.84. The fraction of sp³-hybridized carbons (Fsp3) is 0.750. The van der Waals surface area contributed by atoms with Gasteiger partial charge in [0.2, 0.25) is 0 Å². The van der Waals surface area contributed by atoms with Gasteiger partial charge in [-0.05, 0) is 24.8 Å². The van der Waals surface area contributed by atoms with Gasteiger partial charge in [0, 0.05) is 23.7 Å². The van der Waals surface area contributed by atoms with Crippen LogP contribution in [0.5, 0.6) is 0 Å². The van der Waals surface area contributed by atoms with Crippen molar-refractivity contribution in [2.45, 2.75) is 64.3 Å². The number of halogens is 1. The van der Waals surface area contributed by atoms with Crippen LogP contribution in [0, 0.1) is 5.92 Å². The molecule has 0 aromatic carbocycles. The van der Waals surface area contributed by atoms with Gasteiger partial charge in [-0.25, -0.2) is 0 Å². The van der Waals surface area contributed by atoms with E-state index in [0.29, 0.717) is 18.2 Å². The molecule has 0 spiro atoms. The standard InChI is InChI=1S/C16H28N4O.ClH/c1-16(2,3)14-9-12(19-20-14)15(21)18-13(10-17)11-7-5-4-6-8-11;/h9,11,13H,4-8,10,17H2,1-3H3,(H,18,21)(H,19,20);1H. The molecule has 1 saturated carbocycles. The fourth-order valence-electron chi connectivity index (χ4n) is 2.97. The molecular weight excluding hydrogens is 300 g/mol. The molecule has 0 aliphatic heterocycles. The Balaban J connectivity index is 0.00000242. The zero-order valence-electron chi connectivity index (χ0n) is 13.8. The van der Waals surface area contributed by atoms with Gasteiger partial charge < -0.3 is 11.1 Å². The topological polar surface area (TPSA) is 83.8 Å². The summed E-state index contributed by atoms with van der Waals surface area (Å²) in [6, 6.07) is 1.90. The van der Waals surface area contributed by atoms with Crippen LogP contribution in [0.2, 0.25) is 0 Å². The minimum Gasteiger partial charge on any atom is -0.346 e. The Hall–Kier alpha value is -1.07. The Bertz CT molecular complexity index is 475. The molecule has 1 atom stereocenters. The third kappa shape index (κ3) is 4.71. The average molecular weight is 329 g/mol. The Morgan fingerprint density at radius 2 is 2.05 bits per heavy atom. The third-order valence-electron chi connectivity index (χ3n) is 4.41. The van der Waals surface area contributed by atoms with Gasteiger partial charge in [0.15, 0.2) is 0 Å². The first-order chi connectivity index (χ1) is 9.91. The molecule has 126 valence electrons. The molecule has 2 rings (SSSR count). The van der Waals surface area contributed by atoms with Crippen LogP contribution in [-0.4, -0.2) is 28.7 Å². The number of hydrogen-bond acceptors (Lipinski definition) is 3. The molecule has 1 fully saturated rings. The van der Waals surface area contributed by atoms with Crippen molar-refractivity contribution in [3.63, 3.8) is 0 Å². The highest BCUT2D eigenvalue weighted by Gasteiger charge is 2.26. The normalized spacial score (nSPS) is 17.6. The van der Waals surface area contributed by atoms with E-state index >= 15 is 0 Å². The van der Waals surface area contributed by atoms with Gasteiger partial charge in [0.05, 0.1) is 0 Å². The lowest BCUT2D eigenvalue weighted by molar-refractivity contribution is 0.0910. The SMILES string of the molecule is CC(C)(C)c1cc(C(=O)NC(CN)C2CCCCC2)n[nH]1.Cl. The first-order valence-electron chi connectivity index (χ1n) is 7.98. The number of amides is 1. The highest BCUT2D eigenvalue weighted by Crippen LogP contribution is 2.26. The highest BCUT2D eigenvalue weighted by molar-refractivity contribution is 5.92. The van der Waals surface area contributed by atoms with Crippen LogP contribution in [0.4, 0.5) is 0 Å². The zero-order valence-corrected chi connectivity index (χ0v) is 14.6. The minimum atomic E-state index is -0.122. The number of aromatic amines is 1. The third-order valence-corrected chi connectivity index (χ3v) is 4.41.